The first-order chi connectivity index (χ1) is 7.66. The second-order valence-corrected chi connectivity index (χ2v) is 6.91. The van der Waals surface area contributed by atoms with Crippen molar-refractivity contribution in [1.82, 2.24) is 5.32 Å². The monoisotopic (exact) mass is 315 g/mol. The molecule has 4 heteroatoms. The van der Waals surface area contributed by atoms with Crippen LogP contribution in [0.5, 0.6) is 0 Å². The summed E-state index contributed by atoms with van der Waals surface area (Å²) in [5.41, 5.74) is 0. The van der Waals surface area contributed by atoms with Gasteiger partial charge in [0.05, 0.1) is 0 Å². The minimum Gasteiger partial charge on any atom is -0.305 e. The number of hydrogen-bond donors (Lipinski definition) is 1. The van der Waals surface area contributed by atoms with Crippen molar-refractivity contribution in [2.45, 2.75) is 26.4 Å². The Kier molecular flexibility index (Phi) is 4.19. The SMILES string of the molecule is Cc1sc(CNC(C)c2cccs2)cc1Br. The summed E-state index contributed by atoms with van der Waals surface area (Å²) in [6.07, 6.45) is 0. The lowest BCUT2D eigenvalue weighted by Crippen LogP contribution is -2.16. The van der Waals surface area contributed by atoms with Crippen LogP contribution in [0.4, 0.5) is 0 Å². The van der Waals surface area contributed by atoms with Crippen molar-refractivity contribution in [2.75, 3.05) is 0 Å². The Balaban J connectivity index is 1.92. The van der Waals surface area contributed by atoms with Crippen molar-refractivity contribution < 1.29 is 0 Å². The van der Waals surface area contributed by atoms with E-state index < -0.39 is 0 Å². The van der Waals surface area contributed by atoms with Crippen LogP contribution in [-0.4, -0.2) is 0 Å². The van der Waals surface area contributed by atoms with Crippen LogP contribution in [0, 0.1) is 6.92 Å². The van der Waals surface area contributed by atoms with Crippen molar-refractivity contribution in [2.24, 2.45) is 0 Å². The first-order valence-corrected chi connectivity index (χ1v) is 7.67. The van der Waals surface area contributed by atoms with E-state index in [9.17, 15) is 0 Å². The lowest BCUT2D eigenvalue weighted by atomic mass is 10.3. The van der Waals surface area contributed by atoms with Crippen LogP contribution in [0.25, 0.3) is 0 Å². The number of halogens is 1. The first kappa shape index (κ1) is 12.3. The van der Waals surface area contributed by atoms with Gasteiger partial charge in [-0.05, 0) is 47.3 Å². The molecule has 16 heavy (non-hydrogen) atoms. The van der Waals surface area contributed by atoms with E-state index in [2.05, 4.69) is 58.7 Å². The van der Waals surface area contributed by atoms with Crippen molar-refractivity contribution in [3.63, 3.8) is 0 Å². The molecule has 1 unspecified atom stereocenters. The summed E-state index contributed by atoms with van der Waals surface area (Å²) in [6, 6.07) is 6.91. The fraction of sp³-hybridized carbons (Fsp3) is 0.333. The van der Waals surface area contributed by atoms with E-state index >= 15 is 0 Å². The Hall–Kier alpha value is -0.160. The van der Waals surface area contributed by atoms with E-state index in [0.29, 0.717) is 6.04 Å². The number of aryl methyl sites for hydroxylation is 1. The Morgan fingerprint density at radius 1 is 1.50 bits per heavy atom. The van der Waals surface area contributed by atoms with Gasteiger partial charge in [-0.15, -0.1) is 22.7 Å². The minimum absolute atomic E-state index is 0.432. The molecule has 0 aliphatic rings. The Morgan fingerprint density at radius 2 is 2.31 bits per heavy atom. The molecule has 1 atom stereocenters. The van der Waals surface area contributed by atoms with Crippen molar-refractivity contribution in [1.29, 1.82) is 0 Å². The molecular formula is C12H14BrNS2. The summed E-state index contributed by atoms with van der Waals surface area (Å²) < 4.78 is 1.22. The average molecular weight is 316 g/mol. The van der Waals surface area contributed by atoms with E-state index in [1.54, 1.807) is 11.3 Å². The molecule has 2 heterocycles. The van der Waals surface area contributed by atoms with Crippen molar-refractivity contribution in [3.8, 4) is 0 Å². The molecular weight excluding hydrogens is 302 g/mol. The molecule has 0 radical (unpaired) electrons. The predicted octanol–water partition coefficient (Wildman–Crippen LogP) is 4.73. The van der Waals surface area contributed by atoms with Gasteiger partial charge in [-0.1, -0.05) is 6.07 Å². The molecule has 0 saturated carbocycles. The highest BCUT2D eigenvalue weighted by Gasteiger charge is 2.07. The van der Waals surface area contributed by atoms with Gasteiger partial charge in [-0.2, -0.15) is 0 Å². The van der Waals surface area contributed by atoms with Gasteiger partial charge in [0.1, 0.15) is 0 Å². The van der Waals surface area contributed by atoms with Crippen LogP contribution < -0.4 is 5.32 Å². The third-order valence-electron chi connectivity index (χ3n) is 2.46. The lowest BCUT2D eigenvalue weighted by molar-refractivity contribution is 0.587. The van der Waals surface area contributed by atoms with Gasteiger partial charge in [0.2, 0.25) is 0 Å². The molecule has 0 fully saturated rings. The molecule has 0 saturated heterocycles. The number of rotatable bonds is 4. The molecule has 0 aromatic carbocycles. The molecule has 0 bridgehead atoms. The summed E-state index contributed by atoms with van der Waals surface area (Å²) in [4.78, 5) is 4.13. The topological polar surface area (TPSA) is 12.0 Å². The maximum atomic E-state index is 3.55. The van der Waals surface area contributed by atoms with Crippen LogP contribution in [-0.2, 0) is 6.54 Å². The fourth-order valence-corrected chi connectivity index (χ4v) is 3.81. The summed E-state index contributed by atoms with van der Waals surface area (Å²) >= 11 is 7.20. The van der Waals surface area contributed by atoms with Crippen molar-refractivity contribution >= 4 is 38.6 Å². The molecule has 0 amide bonds. The summed E-state index contributed by atoms with van der Waals surface area (Å²) in [5.74, 6) is 0. The maximum absolute atomic E-state index is 3.55. The van der Waals surface area contributed by atoms with Crippen LogP contribution in [0.2, 0.25) is 0 Å². The van der Waals surface area contributed by atoms with Crippen molar-refractivity contribution in [3.05, 3.63) is 42.7 Å². The molecule has 0 aliphatic heterocycles. The maximum Gasteiger partial charge on any atom is 0.0389 e. The largest absolute Gasteiger partial charge is 0.305 e. The van der Waals surface area contributed by atoms with Gasteiger partial charge < -0.3 is 5.32 Å². The molecule has 1 N–H and O–H groups in total. The second-order valence-electron chi connectivity index (χ2n) is 3.73. The van der Waals surface area contributed by atoms with Crippen LogP contribution in [0.15, 0.2) is 28.1 Å². The predicted molar refractivity (Wildman–Crippen MR) is 76.3 cm³/mol. The van der Waals surface area contributed by atoms with E-state index in [0.717, 1.165) is 6.54 Å². The van der Waals surface area contributed by atoms with Gasteiger partial charge in [-0.25, -0.2) is 0 Å². The normalized spacial score (nSPS) is 12.9. The molecule has 1 nitrogen and oxygen atoms in total. The third-order valence-corrected chi connectivity index (χ3v) is 5.65. The first-order valence-electron chi connectivity index (χ1n) is 5.18. The van der Waals surface area contributed by atoms with Gasteiger partial charge >= 0.3 is 0 Å². The quantitative estimate of drug-likeness (QED) is 0.860. The molecule has 86 valence electrons. The highest BCUT2D eigenvalue weighted by atomic mass is 79.9. The average Bonchev–Trinajstić information content (AvgIpc) is 2.86. The Morgan fingerprint density at radius 3 is 2.88 bits per heavy atom. The minimum atomic E-state index is 0.432. The molecule has 2 aromatic rings. The lowest BCUT2D eigenvalue weighted by Gasteiger charge is -2.10. The van der Waals surface area contributed by atoms with E-state index in [1.807, 2.05) is 11.3 Å². The number of nitrogens with one attached hydrogen (secondary N) is 1. The third kappa shape index (κ3) is 2.94. The van der Waals surface area contributed by atoms with Gasteiger partial charge in [0, 0.05) is 31.7 Å². The number of thiophene rings is 2. The highest BCUT2D eigenvalue weighted by molar-refractivity contribution is 9.10. The smallest absolute Gasteiger partial charge is 0.0389 e. The molecule has 2 aromatic heterocycles. The van der Waals surface area contributed by atoms with Gasteiger partial charge in [0.25, 0.3) is 0 Å². The Labute approximate surface area is 113 Å². The van der Waals surface area contributed by atoms with E-state index in [4.69, 9.17) is 0 Å². The zero-order valence-electron chi connectivity index (χ0n) is 9.29. The zero-order chi connectivity index (χ0) is 11.5. The van der Waals surface area contributed by atoms with Crippen LogP contribution in [0.3, 0.4) is 0 Å². The van der Waals surface area contributed by atoms with Crippen LogP contribution in [0.1, 0.15) is 27.6 Å². The summed E-state index contributed by atoms with van der Waals surface area (Å²) in [6.45, 7) is 5.29. The second kappa shape index (κ2) is 5.45. The highest BCUT2D eigenvalue weighted by Crippen LogP contribution is 2.27. The molecule has 0 spiro atoms. The standard InChI is InChI=1S/C12H14BrNS2/c1-8(12-4-3-5-15-12)14-7-10-6-11(13)9(2)16-10/h3-6,8,14H,7H2,1-2H3. The van der Waals surface area contributed by atoms with Gasteiger partial charge in [0.15, 0.2) is 0 Å². The molecule has 0 aliphatic carbocycles. The summed E-state index contributed by atoms with van der Waals surface area (Å²) in [7, 11) is 0. The fourth-order valence-electron chi connectivity index (χ4n) is 1.50. The number of hydrogen-bond acceptors (Lipinski definition) is 3. The van der Waals surface area contributed by atoms with Crippen LogP contribution >= 0.6 is 38.6 Å². The van der Waals surface area contributed by atoms with E-state index in [-0.39, 0.29) is 0 Å². The van der Waals surface area contributed by atoms with Gasteiger partial charge in [-0.3, -0.25) is 0 Å². The van der Waals surface area contributed by atoms with E-state index in [1.165, 1.54) is 19.1 Å². The molecule has 2 rings (SSSR count). The summed E-state index contributed by atoms with van der Waals surface area (Å²) in [5, 5.41) is 5.67. The Bertz CT molecular complexity index is 428. The zero-order valence-corrected chi connectivity index (χ0v) is 12.5.